The highest BCUT2D eigenvalue weighted by Crippen LogP contribution is 2.36. The van der Waals surface area contributed by atoms with Crippen molar-refractivity contribution in [1.29, 1.82) is 0 Å². The van der Waals surface area contributed by atoms with Crippen molar-refractivity contribution in [3.63, 3.8) is 0 Å². The fourth-order valence-electron chi connectivity index (χ4n) is 2.23. The van der Waals surface area contributed by atoms with Gasteiger partial charge in [-0.05, 0) is 34.5 Å². The van der Waals surface area contributed by atoms with Gasteiger partial charge in [0.2, 0.25) is 0 Å². The zero-order valence-corrected chi connectivity index (χ0v) is 12.3. The summed E-state index contributed by atoms with van der Waals surface area (Å²) in [5.74, 6) is 0.191. The predicted molar refractivity (Wildman–Crippen MR) is 73.7 cm³/mol. The Labute approximate surface area is 125 Å². The van der Waals surface area contributed by atoms with Gasteiger partial charge in [0, 0.05) is 12.6 Å². The van der Waals surface area contributed by atoms with Gasteiger partial charge in [0.05, 0.1) is 11.7 Å². The van der Waals surface area contributed by atoms with Gasteiger partial charge in [-0.3, -0.25) is 0 Å². The van der Waals surface area contributed by atoms with E-state index in [-0.39, 0.29) is 11.4 Å². The molecule has 1 heterocycles. The second-order valence-electron chi connectivity index (χ2n) is 5.08. The molecule has 22 heavy (non-hydrogen) atoms. The molecule has 0 fully saturated rings. The maximum Gasteiger partial charge on any atom is 0.416 e. The van der Waals surface area contributed by atoms with Crippen molar-refractivity contribution in [2.75, 3.05) is 0 Å². The zero-order valence-electron chi connectivity index (χ0n) is 12.3. The summed E-state index contributed by atoms with van der Waals surface area (Å²) in [5.41, 5.74) is -0.192. The van der Waals surface area contributed by atoms with Gasteiger partial charge in [0.1, 0.15) is 0 Å². The van der Waals surface area contributed by atoms with Crippen LogP contribution in [0.15, 0.2) is 18.2 Å². The van der Waals surface area contributed by atoms with Crippen LogP contribution in [-0.2, 0) is 13.2 Å². The molecule has 0 saturated heterocycles. The molecule has 0 aliphatic heterocycles. The molecule has 8 heteroatoms. The van der Waals surface area contributed by atoms with Crippen molar-refractivity contribution in [3.05, 3.63) is 29.3 Å². The third-order valence-corrected chi connectivity index (χ3v) is 3.43. The van der Waals surface area contributed by atoms with E-state index in [1.807, 2.05) is 6.92 Å². The van der Waals surface area contributed by atoms with Crippen molar-refractivity contribution < 1.29 is 18.3 Å². The number of tetrazole rings is 1. The van der Waals surface area contributed by atoms with Crippen molar-refractivity contribution in [1.82, 2.24) is 20.2 Å². The number of aromatic nitrogens is 4. The van der Waals surface area contributed by atoms with Crippen LogP contribution in [0.2, 0.25) is 0 Å². The lowest BCUT2D eigenvalue weighted by molar-refractivity contribution is -0.137. The Morgan fingerprint density at radius 2 is 2.05 bits per heavy atom. The number of aliphatic hydroxyl groups is 1. The maximum absolute atomic E-state index is 12.9. The number of halogens is 3. The average Bonchev–Trinajstić information content (AvgIpc) is 2.89. The van der Waals surface area contributed by atoms with E-state index in [0.29, 0.717) is 12.0 Å². The molecule has 1 N–H and O–H groups in total. The molecule has 0 aliphatic carbocycles. The largest absolute Gasteiger partial charge is 0.416 e. The van der Waals surface area contributed by atoms with Crippen LogP contribution in [0.25, 0.3) is 11.4 Å². The van der Waals surface area contributed by atoms with Gasteiger partial charge in [-0.15, -0.1) is 5.10 Å². The molecular weight excluding hydrogens is 297 g/mol. The Bertz CT molecular complexity index is 639. The smallest absolute Gasteiger partial charge is 0.388 e. The standard InChI is InChI=1S/C14H17F3N4O/c1-3-4-5-12(22)10-7-6-9(14(15,16)17)8-11(10)13-18-19-20-21(13)2/h6-8,12,22H,3-5H2,1-2H3. The normalized spacial score (nSPS) is 13.4. The Kier molecular flexibility index (Phi) is 4.80. The Morgan fingerprint density at radius 1 is 1.32 bits per heavy atom. The number of rotatable bonds is 5. The van der Waals surface area contributed by atoms with Gasteiger partial charge in [0.25, 0.3) is 0 Å². The fourth-order valence-corrected chi connectivity index (χ4v) is 2.23. The van der Waals surface area contributed by atoms with Crippen molar-refractivity contribution in [3.8, 4) is 11.4 Å². The summed E-state index contributed by atoms with van der Waals surface area (Å²) in [6.07, 6.45) is -3.18. The van der Waals surface area contributed by atoms with Crippen LogP contribution in [0.3, 0.4) is 0 Å². The highest BCUT2D eigenvalue weighted by atomic mass is 19.4. The maximum atomic E-state index is 12.9. The zero-order chi connectivity index (χ0) is 16.3. The van der Waals surface area contributed by atoms with E-state index in [1.165, 1.54) is 17.8 Å². The van der Waals surface area contributed by atoms with E-state index in [4.69, 9.17) is 0 Å². The number of unbranched alkanes of at least 4 members (excludes halogenated alkanes) is 1. The minimum absolute atomic E-state index is 0.191. The Morgan fingerprint density at radius 3 is 2.59 bits per heavy atom. The molecule has 1 unspecified atom stereocenters. The molecular formula is C14H17F3N4O. The molecule has 0 bridgehead atoms. The van der Waals surface area contributed by atoms with E-state index < -0.39 is 17.8 Å². The minimum Gasteiger partial charge on any atom is -0.388 e. The number of hydrogen-bond acceptors (Lipinski definition) is 4. The van der Waals surface area contributed by atoms with Gasteiger partial charge in [-0.25, -0.2) is 4.68 Å². The second kappa shape index (κ2) is 6.43. The summed E-state index contributed by atoms with van der Waals surface area (Å²) in [4.78, 5) is 0. The first-order valence-electron chi connectivity index (χ1n) is 6.96. The van der Waals surface area contributed by atoms with E-state index >= 15 is 0 Å². The number of aryl methyl sites for hydroxylation is 1. The molecule has 0 amide bonds. The molecule has 1 aromatic carbocycles. The summed E-state index contributed by atoms with van der Waals surface area (Å²) in [7, 11) is 1.54. The van der Waals surface area contributed by atoms with Crippen LogP contribution in [0.5, 0.6) is 0 Å². The third-order valence-electron chi connectivity index (χ3n) is 3.43. The molecule has 1 atom stereocenters. The first kappa shape index (κ1) is 16.4. The summed E-state index contributed by atoms with van der Waals surface area (Å²) in [6, 6.07) is 3.25. The quantitative estimate of drug-likeness (QED) is 0.921. The molecule has 5 nitrogen and oxygen atoms in total. The van der Waals surface area contributed by atoms with Crippen molar-refractivity contribution in [2.45, 2.75) is 38.5 Å². The van der Waals surface area contributed by atoms with Crippen LogP contribution < -0.4 is 0 Å². The van der Waals surface area contributed by atoms with Gasteiger partial charge < -0.3 is 5.11 Å². The molecule has 120 valence electrons. The van der Waals surface area contributed by atoms with E-state index in [2.05, 4.69) is 15.5 Å². The highest BCUT2D eigenvalue weighted by molar-refractivity contribution is 5.62. The molecule has 2 aromatic rings. The topological polar surface area (TPSA) is 63.8 Å². The predicted octanol–water partition coefficient (Wildman–Crippen LogP) is 3.12. The van der Waals surface area contributed by atoms with Crippen molar-refractivity contribution in [2.24, 2.45) is 7.05 Å². The molecule has 2 rings (SSSR count). The summed E-state index contributed by atoms with van der Waals surface area (Å²) in [5, 5.41) is 21.1. The minimum atomic E-state index is -4.46. The third kappa shape index (κ3) is 3.44. The number of nitrogens with zero attached hydrogens (tertiary/aromatic N) is 4. The Hall–Kier alpha value is -1.96. The lowest BCUT2D eigenvalue weighted by Gasteiger charge is -2.17. The van der Waals surface area contributed by atoms with Gasteiger partial charge in [-0.2, -0.15) is 13.2 Å². The molecule has 0 saturated carbocycles. The second-order valence-corrected chi connectivity index (χ2v) is 5.08. The van der Waals surface area contributed by atoms with Crippen molar-refractivity contribution >= 4 is 0 Å². The van der Waals surface area contributed by atoms with Crippen LogP contribution in [-0.4, -0.2) is 25.3 Å². The lowest BCUT2D eigenvalue weighted by atomic mass is 9.96. The summed E-state index contributed by atoms with van der Waals surface area (Å²) in [6.45, 7) is 1.98. The van der Waals surface area contributed by atoms with Gasteiger partial charge >= 0.3 is 6.18 Å². The highest BCUT2D eigenvalue weighted by Gasteiger charge is 2.32. The van der Waals surface area contributed by atoms with Crippen LogP contribution in [0.4, 0.5) is 13.2 Å². The van der Waals surface area contributed by atoms with Gasteiger partial charge in [0.15, 0.2) is 5.82 Å². The monoisotopic (exact) mass is 314 g/mol. The summed E-state index contributed by atoms with van der Waals surface area (Å²) < 4.78 is 40.1. The summed E-state index contributed by atoms with van der Waals surface area (Å²) >= 11 is 0. The molecule has 1 aromatic heterocycles. The van der Waals surface area contributed by atoms with Crippen LogP contribution in [0, 0.1) is 0 Å². The first-order chi connectivity index (χ1) is 10.3. The first-order valence-corrected chi connectivity index (χ1v) is 6.96. The average molecular weight is 314 g/mol. The fraction of sp³-hybridized carbons (Fsp3) is 0.500. The SMILES string of the molecule is CCCCC(O)c1ccc(C(F)(F)F)cc1-c1nnnn1C. The lowest BCUT2D eigenvalue weighted by Crippen LogP contribution is -2.09. The number of benzene rings is 1. The van der Waals surface area contributed by atoms with E-state index in [0.717, 1.165) is 25.0 Å². The van der Waals surface area contributed by atoms with Crippen LogP contribution >= 0.6 is 0 Å². The van der Waals surface area contributed by atoms with Crippen LogP contribution in [0.1, 0.15) is 43.4 Å². The number of alkyl halides is 3. The number of hydrogen-bond donors (Lipinski definition) is 1. The number of aliphatic hydroxyl groups excluding tert-OH is 1. The van der Waals surface area contributed by atoms with Gasteiger partial charge in [-0.1, -0.05) is 25.8 Å². The Balaban J connectivity index is 2.51. The van der Waals surface area contributed by atoms with E-state index in [1.54, 1.807) is 0 Å². The molecule has 0 aliphatic rings. The molecule has 0 radical (unpaired) electrons. The molecule has 0 spiro atoms. The van der Waals surface area contributed by atoms with E-state index in [9.17, 15) is 18.3 Å².